The van der Waals surface area contributed by atoms with Crippen LogP contribution in [0.1, 0.15) is 31.9 Å². The second kappa shape index (κ2) is 7.58. The van der Waals surface area contributed by atoms with Crippen molar-refractivity contribution in [2.45, 2.75) is 39.3 Å². The van der Waals surface area contributed by atoms with Crippen molar-refractivity contribution >= 4 is 17.5 Å². The lowest BCUT2D eigenvalue weighted by molar-refractivity contribution is -0.146. The van der Waals surface area contributed by atoms with E-state index >= 15 is 0 Å². The third-order valence-corrected chi connectivity index (χ3v) is 4.74. The fraction of sp³-hybridized carbons (Fsp3) is 0.381. The Hall–Kier alpha value is -2.20. The van der Waals surface area contributed by atoms with Gasteiger partial charge in [-0.1, -0.05) is 17.7 Å². The van der Waals surface area contributed by atoms with E-state index in [1.54, 1.807) is 38.1 Å². The minimum atomic E-state index is -0.955. The Labute approximate surface area is 159 Å². The number of benzene rings is 2. The van der Waals surface area contributed by atoms with Gasteiger partial charge in [0.25, 0.3) is 5.91 Å². The second-order valence-corrected chi connectivity index (χ2v) is 7.34. The average Bonchev–Trinajstić information content (AvgIpc) is 2.62. The first-order valence-corrected chi connectivity index (χ1v) is 9.25. The molecule has 0 N–H and O–H groups in total. The van der Waals surface area contributed by atoms with Crippen molar-refractivity contribution in [2.24, 2.45) is 0 Å². The van der Waals surface area contributed by atoms with Crippen LogP contribution < -0.4 is 9.47 Å². The van der Waals surface area contributed by atoms with E-state index in [1.165, 1.54) is 5.56 Å². The minimum Gasteiger partial charge on any atom is -0.494 e. The molecule has 3 rings (SSSR count). The van der Waals surface area contributed by atoms with Gasteiger partial charge in [0.15, 0.2) is 5.60 Å². The highest BCUT2D eigenvalue weighted by Crippen LogP contribution is 2.27. The van der Waals surface area contributed by atoms with Crippen LogP contribution in [-0.2, 0) is 17.8 Å². The molecule has 1 aliphatic rings. The van der Waals surface area contributed by atoms with Crippen LogP contribution in [0.5, 0.6) is 11.5 Å². The third-order valence-electron chi connectivity index (χ3n) is 4.49. The van der Waals surface area contributed by atoms with E-state index in [2.05, 4.69) is 6.07 Å². The number of amides is 1. The molecule has 0 aliphatic carbocycles. The summed E-state index contributed by atoms with van der Waals surface area (Å²) in [6.07, 6.45) is 0.838. The highest BCUT2D eigenvalue weighted by atomic mass is 35.5. The van der Waals surface area contributed by atoms with Crippen molar-refractivity contribution in [3.8, 4) is 11.5 Å². The van der Waals surface area contributed by atoms with E-state index in [9.17, 15) is 4.79 Å². The zero-order valence-corrected chi connectivity index (χ0v) is 16.2. The molecule has 138 valence electrons. The number of hydrogen-bond acceptors (Lipinski definition) is 3. The Kier molecular flexibility index (Phi) is 5.42. The minimum absolute atomic E-state index is 0.0279. The highest BCUT2D eigenvalue weighted by molar-refractivity contribution is 6.30. The summed E-state index contributed by atoms with van der Waals surface area (Å²) in [5, 5.41) is 0.638. The van der Waals surface area contributed by atoms with Crippen LogP contribution in [0.4, 0.5) is 0 Å². The largest absolute Gasteiger partial charge is 0.494 e. The molecular formula is C21H24ClNO3. The predicted molar refractivity (Wildman–Crippen MR) is 103 cm³/mol. The number of carbonyl (C=O) groups excluding carboxylic acids is 1. The molecule has 0 atom stereocenters. The van der Waals surface area contributed by atoms with Gasteiger partial charge in [0.2, 0.25) is 0 Å². The molecule has 26 heavy (non-hydrogen) atoms. The number of rotatable bonds is 5. The Balaban J connectivity index is 1.73. The molecule has 0 spiro atoms. The van der Waals surface area contributed by atoms with E-state index in [1.807, 2.05) is 24.0 Å². The third kappa shape index (κ3) is 4.13. The average molecular weight is 374 g/mol. The molecule has 2 aromatic carbocycles. The monoisotopic (exact) mass is 373 g/mol. The molecule has 0 fully saturated rings. The number of carbonyl (C=O) groups is 1. The SMILES string of the molecule is CCOc1ccc2c(c1)CN(C(=O)C(C)(C)Oc1ccc(Cl)cc1)CC2. The summed E-state index contributed by atoms with van der Waals surface area (Å²) in [5.74, 6) is 1.45. The Morgan fingerprint density at radius 2 is 1.81 bits per heavy atom. The van der Waals surface area contributed by atoms with Gasteiger partial charge in [0.1, 0.15) is 11.5 Å². The summed E-state index contributed by atoms with van der Waals surface area (Å²) in [6, 6.07) is 13.2. The van der Waals surface area contributed by atoms with Crippen molar-refractivity contribution in [1.29, 1.82) is 0 Å². The van der Waals surface area contributed by atoms with Gasteiger partial charge < -0.3 is 14.4 Å². The second-order valence-electron chi connectivity index (χ2n) is 6.91. The van der Waals surface area contributed by atoms with E-state index in [4.69, 9.17) is 21.1 Å². The first-order chi connectivity index (χ1) is 12.4. The maximum absolute atomic E-state index is 13.1. The molecule has 0 saturated heterocycles. The van der Waals surface area contributed by atoms with Crippen molar-refractivity contribution in [3.63, 3.8) is 0 Å². The summed E-state index contributed by atoms with van der Waals surface area (Å²) in [5.41, 5.74) is 1.45. The van der Waals surface area contributed by atoms with Crippen LogP contribution in [0.25, 0.3) is 0 Å². The molecular weight excluding hydrogens is 350 g/mol. The van der Waals surface area contributed by atoms with Gasteiger partial charge in [-0.15, -0.1) is 0 Å². The molecule has 4 nitrogen and oxygen atoms in total. The topological polar surface area (TPSA) is 38.8 Å². The van der Waals surface area contributed by atoms with Gasteiger partial charge >= 0.3 is 0 Å². The first kappa shape index (κ1) is 18.6. The smallest absolute Gasteiger partial charge is 0.266 e. The molecule has 1 aliphatic heterocycles. The maximum atomic E-state index is 13.1. The Morgan fingerprint density at radius 1 is 1.12 bits per heavy atom. The van der Waals surface area contributed by atoms with Gasteiger partial charge in [-0.2, -0.15) is 0 Å². The Morgan fingerprint density at radius 3 is 2.50 bits per heavy atom. The van der Waals surface area contributed by atoms with E-state index in [0.29, 0.717) is 30.5 Å². The number of halogens is 1. The van der Waals surface area contributed by atoms with E-state index in [-0.39, 0.29) is 5.91 Å². The van der Waals surface area contributed by atoms with Crippen LogP contribution in [-0.4, -0.2) is 29.6 Å². The molecule has 1 heterocycles. The van der Waals surface area contributed by atoms with Crippen molar-refractivity contribution in [2.75, 3.05) is 13.2 Å². The molecule has 1 amide bonds. The first-order valence-electron chi connectivity index (χ1n) is 8.87. The summed E-state index contributed by atoms with van der Waals surface area (Å²) < 4.78 is 11.5. The predicted octanol–water partition coefficient (Wildman–Crippen LogP) is 4.48. The summed E-state index contributed by atoms with van der Waals surface area (Å²) >= 11 is 5.91. The fourth-order valence-electron chi connectivity index (χ4n) is 3.18. The normalized spacial score (nSPS) is 13.9. The van der Waals surface area contributed by atoms with Gasteiger partial charge in [-0.05, 0) is 74.7 Å². The van der Waals surface area contributed by atoms with E-state index in [0.717, 1.165) is 17.7 Å². The molecule has 2 aromatic rings. The summed E-state index contributed by atoms with van der Waals surface area (Å²) in [6.45, 7) is 7.46. The van der Waals surface area contributed by atoms with Crippen LogP contribution in [0.15, 0.2) is 42.5 Å². The van der Waals surface area contributed by atoms with E-state index < -0.39 is 5.60 Å². The van der Waals surface area contributed by atoms with Crippen LogP contribution in [0.3, 0.4) is 0 Å². The van der Waals surface area contributed by atoms with Crippen LogP contribution >= 0.6 is 11.6 Å². The summed E-state index contributed by atoms with van der Waals surface area (Å²) in [4.78, 5) is 14.9. The number of hydrogen-bond donors (Lipinski definition) is 0. The van der Waals surface area contributed by atoms with Gasteiger partial charge in [0.05, 0.1) is 6.61 Å². The number of nitrogens with zero attached hydrogens (tertiary/aromatic N) is 1. The zero-order chi connectivity index (χ0) is 18.7. The van der Waals surface area contributed by atoms with Crippen molar-refractivity contribution in [3.05, 3.63) is 58.6 Å². The standard InChI is InChI=1S/C21H24ClNO3/c1-4-25-19-8-5-15-11-12-23(14-16(15)13-19)20(24)21(2,3)26-18-9-6-17(22)7-10-18/h5-10,13H,4,11-12,14H2,1-3H3. The Bertz CT molecular complexity index is 786. The number of fused-ring (bicyclic) bond motifs is 1. The number of ether oxygens (including phenoxy) is 2. The summed E-state index contributed by atoms with van der Waals surface area (Å²) in [7, 11) is 0. The quantitative estimate of drug-likeness (QED) is 0.775. The fourth-order valence-corrected chi connectivity index (χ4v) is 3.31. The molecule has 0 bridgehead atoms. The lowest BCUT2D eigenvalue weighted by Gasteiger charge is -2.35. The van der Waals surface area contributed by atoms with Crippen molar-refractivity contribution in [1.82, 2.24) is 4.90 Å². The lowest BCUT2D eigenvalue weighted by Crippen LogP contribution is -2.50. The van der Waals surface area contributed by atoms with Crippen LogP contribution in [0, 0.1) is 0 Å². The molecule has 0 radical (unpaired) electrons. The molecule has 0 aromatic heterocycles. The molecule has 0 saturated carbocycles. The van der Waals surface area contributed by atoms with Crippen LogP contribution in [0.2, 0.25) is 5.02 Å². The van der Waals surface area contributed by atoms with Gasteiger partial charge in [-0.25, -0.2) is 0 Å². The molecule has 0 unspecified atom stereocenters. The van der Waals surface area contributed by atoms with Crippen molar-refractivity contribution < 1.29 is 14.3 Å². The van der Waals surface area contributed by atoms with Gasteiger partial charge in [0, 0.05) is 18.1 Å². The maximum Gasteiger partial charge on any atom is 0.266 e. The lowest BCUT2D eigenvalue weighted by atomic mass is 9.97. The highest BCUT2D eigenvalue weighted by Gasteiger charge is 2.35. The van der Waals surface area contributed by atoms with Gasteiger partial charge in [-0.3, -0.25) is 4.79 Å². The molecule has 5 heteroatoms. The zero-order valence-electron chi connectivity index (χ0n) is 15.4.